The standard InChI is InChI=1S/C16H30N4O2.ClH/c1-17-9-5-8-15(21)19-10-12-20(13-11-19)16(22)18-14-6-3-2-4-7-14;/h14,17H,2-13H2,1H3,(H,18,22);1H. The average Bonchev–Trinajstić information content (AvgIpc) is 2.56. The Balaban J connectivity index is 0.00000264. The number of halogens is 1. The molecule has 1 aliphatic heterocycles. The van der Waals surface area contributed by atoms with E-state index in [2.05, 4.69) is 10.6 Å². The van der Waals surface area contributed by atoms with Crippen LogP contribution in [-0.2, 0) is 4.79 Å². The Morgan fingerprint density at radius 3 is 2.22 bits per heavy atom. The highest BCUT2D eigenvalue weighted by Gasteiger charge is 2.25. The minimum absolute atomic E-state index is 0. The first-order chi connectivity index (χ1) is 10.7. The van der Waals surface area contributed by atoms with Crippen molar-refractivity contribution in [1.82, 2.24) is 20.4 Å². The van der Waals surface area contributed by atoms with Crippen LogP contribution in [0.5, 0.6) is 0 Å². The molecule has 0 aromatic carbocycles. The molecule has 23 heavy (non-hydrogen) atoms. The average molecular weight is 347 g/mol. The second-order valence-electron chi connectivity index (χ2n) is 6.36. The Labute approximate surface area is 145 Å². The SMILES string of the molecule is CNCCCC(=O)N1CCN(C(=O)NC2CCCCC2)CC1.Cl. The normalized spacial score (nSPS) is 19.2. The van der Waals surface area contributed by atoms with E-state index in [1.807, 2.05) is 16.8 Å². The van der Waals surface area contributed by atoms with Crippen LogP contribution in [0.4, 0.5) is 4.79 Å². The zero-order valence-corrected chi connectivity index (χ0v) is 15.0. The molecule has 0 aromatic heterocycles. The summed E-state index contributed by atoms with van der Waals surface area (Å²) in [6.45, 7) is 3.50. The molecule has 2 rings (SSSR count). The van der Waals surface area contributed by atoms with E-state index in [1.54, 1.807) is 0 Å². The summed E-state index contributed by atoms with van der Waals surface area (Å²) in [4.78, 5) is 28.0. The molecule has 6 nitrogen and oxygen atoms in total. The van der Waals surface area contributed by atoms with E-state index in [4.69, 9.17) is 0 Å². The van der Waals surface area contributed by atoms with E-state index in [0.717, 1.165) is 25.8 Å². The molecule has 1 saturated carbocycles. The van der Waals surface area contributed by atoms with Crippen LogP contribution in [0.3, 0.4) is 0 Å². The van der Waals surface area contributed by atoms with E-state index in [-0.39, 0.29) is 24.3 Å². The largest absolute Gasteiger partial charge is 0.339 e. The van der Waals surface area contributed by atoms with Crippen molar-refractivity contribution in [2.24, 2.45) is 0 Å². The second-order valence-corrected chi connectivity index (χ2v) is 6.36. The van der Waals surface area contributed by atoms with Crippen molar-refractivity contribution in [2.45, 2.75) is 51.0 Å². The molecule has 0 unspecified atom stereocenters. The molecule has 0 atom stereocenters. The fourth-order valence-electron chi connectivity index (χ4n) is 3.25. The summed E-state index contributed by atoms with van der Waals surface area (Å²) in [5.41, 5.74) is 0. The predicted molar refractivity (Wildman–Crippen MR) is 94.0 cm³/mol. The lowest BCUT2D eigenvalue weighted by atomic mass is 9.96. The van der Waals surface area contributed by atoms with Crippen LogP contribution in [0.25, 0.3) is 0 Å². The Morgan fingerprint density at radius 2 is 1.61 bits per heavy atom. The fourth-order valence-corrected chi connectivity index (χ4v) is 3.25. The molecule has 3 amide bonds. The number of piperazine rings is 1. The summed E-state index contributed by atoms with van der Waals surface area (Å²) in [7, 11) is 1.90. The molecular weight excluding hydrogens is 316 g/mol. The maximum atomic E-state index is 12.3. The maximum Gasteiger partial charge on any atom is 0.317 e. The van der Waals surface area contributed by atoms with Gasteiger partial charge in [-0.15, -0.1) is 12.4 Å². The minimum atomic E-state index is 0. The minimum Gasteiger partial charge on any atom is -0.339 e. The van der Waals surface area contributed by atoms with Gasteiger partial charge < -0.3 is 20.4 Å². The number of urea groups is 1. The summed E-state index contributed by atoms with van der Waals surface area (Å²) in [5.74, 6) is 0.211. The van der Waals surface area contributed by atoms with Gasteiger partial charge in [-0.25, -0.2) is 4.79 Å². The number of nitrogens with one attached hydrogen (secondary N) is 2. The van der Waals surface area contributed by atoms with Gasteiger partial charge in [0.1, 0.15) is 0 Å². The second kappa shape index (κ2) is 10.7. The summed E-state index contributed by atoms with van der Waals surface area (Å²) in [6, 6.07) is 0.400. The van der Waals surface area contributed by atoms with Crippen molar-refractivity contribution >= 4 is 24.3 Å². The fraction of sp³-hybridized carbons (Fsp3) is 0.875. The lowest BCUT2D eigenvalue weighted by Gasteiger charge is -2.36. The van der Waals surface area contributed by atoms with E-state index in [9.17, 15) is 9.59 Å². The van der Waals surface area contributed by atoms with Crippen LogP contribution in [0.2, 0.25) is 0 Å². The lowest BCUT2D eigenvalue weighted by Crippen LogP contribution is -2.54. The van der Waals surface area contributed by atoms with Crippen LogP contribution < -0.4 is 10.6 Å². The summed E-state index contributed by atoms with van der Waals surface area (Å²) in [6.07, 6.45) is 7.42. The van der Waals surface area contributed by atoms with Crippen molar-refractivity contribution in [2.75, 3.05) is 39.8 Å². The zero-order valence-electron chi connectivity index (χ0n) is 14.2. The van der Waals surface area contributed by atoms with E-state index >= 15 is 0 Å². The maximum absolute atomic E-state index is 12.3. The monoisotopic (exact) mass is 346 g/mol. The third-order valence-corrected chi connectivity index (χ3v) is 4.67. The molecule has 7 heteroatoms. The predicted octanol–water partition coefficient (Wildman–Crippen LogP) is 1.59. The van der Waals surface area contributed by atoms with Crippen LogP contribution in [-0.4, -0.2) is 67.6 Å². The Kier molecular flexibility index (Phi) is 9.33. The van der Waals surface area contributed by atoms with Crippen molar-refractivity contribution in [3.05, 3.63) is 0 Å². The number of nitrogens with zero attached hydrogens (tertiary/aromatic N) is 2. The zero-order chi connectivity index (χ0) is 15.8. The number of carbonyl (C=O) groups is 2. The van der Waals surface area contributed by atoms with Gasteiger partial charge in [0.05, 0.1) is 0 Å². The van der Waals surface area contributed by atoms with Gasteiger partial charge in [-0.2, -0.15) is 0 Å². The van der Waals surface area contributed by atoms with Crippen molar-refractivity contribution < 1.29 is 9.59 Å². The Morgan fingerprint density at radius 1 is 1.00 bits per heavy atom. The number of rotatable bonds is 5. The van der Waals surface area contributed by atoms with Crippen LogP contribution >= 0.6 is 12.4 Å². The van der Waals surface area contributed by atoms with Gasteiger partial charge in [-0.05, 0) is 32.9 Å². The molecule has 2 N–H and O–H groups in total. The highest BCUT2D eigenvalue weighted by atomic mass is 35.5. The van der Waals surface area contributed by atoms with Crippen molar-refractivity contribution in [3.63, 3.8) is 0 Å². The highest BCUT2D eigenvalue weighted by molar-refractivity contribution is 5.85. The van der Waals surface area contributed by atoms with E-state index < -0.39 is 0 Å². The molecule has 1 saturated heterocycles. The smallest absolute Gasteiger partial charge is 0.317 e. The van der Waals surface area contributed by atoms with Gasteiger partial charge in [0.25, 0.3) is 0 Å². The topological polar surface area (TPSA) is 64.7 Å². The van der Waals surface area contributed by atoms with Gasteiger partial charge in [0.2, 0.25) is 5.91 Å². The summed E-state index contributed by atoms with van der Waals surface area (Å²) < 4.78 is 0. The van der Waals surface area contributed by atoms with Gasteiger partial charge in [0.15, 0.2) is 0 Å². The Bertz CT molecular complexity index is 367. The van der Waals surface area contributed by atoms with E-state index in [1.165, 1.54) is 19.3 Å². The number of hydrogen-bond acceptors (Lipinski definition) is 3. The number of amides is 3. The van der Waals surface area contributed by atoms with Crippen LogP contribution in [0, 0.1) is 0 Å². The van der Waals surface area contributed by atoms with Gasteiger partial charge in [-0.1, -0.05) is 19.3 Å². The van der Waals surface area contributed by atoms with Crippen molar-refractivity contribution in [1.29, 1.82) is 0 Å². The number of hydrogen-bond donors (Lipinski definition) is 2. The third-order valence-electron chi connectivity index (χ3n) is 4.67. The van der Waals surface area contributed by atoms with Gasteiger partial charge >= 0.3 is 6.03 Å². The number of carbonyl (C=O) groups excluding carboxylic acids is 2. The van der Waals surface area contributed by atoms with Crippen LogP contribution in [0.1, 0.15) is 44.9 Å². The first kappa shape index (κ1) is 20.0. The first-order valence-corrected chi connectivity index (χ1v) is 8.68. The van der Waals surface area contributed by atoms with Crippen molar-refractivity contribution in [3.8, 4) is 0 Å². The summed E-state index contributed by atoms with van der Waals surface area (Å²) >= 11 is 0. The Hall–Kier alpha value is -1.01. The van der Waals surface area contributed by atoms with E-state index in [0.29, 0.717) is 38.6 Å². The molecule has 0 radical (unpaired) electrons. The van der Waals surface area contributed by atoms with Gasteiger partial charge in [0, 0.05) is 38.6 Å². The summed E-state index contributed by atoms with van der Waals surface area (Å²) in [5, 5.41) is 6.20. The molecule has 0 spiro atoms. The lowest BCUT2D eigenvalue weighted by molar-refractivity contribution is -0.132. The molecule has 0 bridgehead atoms. The van der Waals surface area contributed by atoms with Crippen LogP contribution in [0.15, 0.2) is 0 Å². The molecule has 1 aliphatic carbocycles. The molecule has 134 valence electrons. The third kappa shape index (κ3) is 6.55. The molecule has 2 aliphatic rings. The molecule has 1 heterocycles. The molecular formula is C16H31ClN4O2. The molecule has 0 aromatic rings. The first-order valence-electron chi connectivity index (χ1n) is 8.68. The molecule has 2 fully saturated rings. The quantitative estimate of drug-likeness (QED) is 0.743. The van der Waals surface area contributed by atoms with Gasteiger partial charge in [-0.3, -0.25) is 4.79 Å². The highest BCUT2D eigenvalue weighted by Crippen LogP contribution is 2.17.